The van der Waals surface area contributed by atoms with Gasteiger partial charge in [-0.25, -0.2) is 8.42 Å². The molecule has 3 N–H and O–H groups in total. The Kier molecular flexibility index (Phi) is 6.88. The molecule has 0 aromatic heterocycles. The SMILES string of the molecule is O=S(=O)([O-])OC[C@@H]1OCC(O)C(O)C1O.[Na+]. The van der Waals surface area contributed by atoms with E-state index < -0.39 is 41.4 Å². The molecule has 10 heteroatoms. The van der Waals surface area contributed by atoms with E-state index in [0.29, 0.717) is 0 Å². The summed E-state index contributed by atoms with van der Waals surface area (Å²) in [7, 11) is -4.86. The van der Waals surface area contributed by atoms with Crippen LogP contribution in [0.4, 0.5) is 0 Å². The van der Waals surface area contributed by atoms with Crippen molar-refractivity contribution < 1.29 is 66.8 Å². The zero-order chi connectivity index (χ0) is 11.6. The molecule has 1 heterocycles. The molecule has 8 nitrogen and oxygen atoms in total. The molecule has 1 saturated heterocycles. The van der Waals surface area contributed by atoms with Crippen LogP contribution < -0.4 is 29.6 Å². The maximum absolute atomic E-state index is 10.1. The Balaban J connectivity index is 0.00000225. The van der Waals surface area contributed by atoms with Gasteiger partial charge in [-0.2, -0.15) is 0 Å². The maximum atomic E-state index is 10.1. The molecule has 1 aliphatic heterocycles. The topological polar surface area (TPSA) is 136 Å². The third-order valence-corrected chi connectivity index (χ3v) is 2.41. The Morgan fingerprint density at radius 1 is 1.31 bits per heavy atom. The van der Waals surface area contributed by atoms with E-state index in [2.05, 4.69) is 4.18 Å². The van der Waals surface area contributed by atoms with E-state index in [9.17, 15) is 23.2 Å². The summed E-state index contributed by atoms with van der Waals surface area (Å²) in [6, 6.07) is 0. The molecule has 1 fully saturated rings. The van der Waals surface area contributed by atoms with E-state index in [1.54, 1.807) is 0 Å². The summed E-state index contributed by atoms with van der Waals surface area (Å²) in [6.07, 6.45) is -5.37. The third kappa shape index (κ3) is 4.92. The predicted molar refractivity (Wildman–Crippen MR) is 43.4 cm³/mol. The van der Waals surface area contributed by atoms with E-state index in [1.807, 2.05) is 0 Å². The molecule has 0 radical (unpaired) electrons. The number of hydrogen-bond acceptors (Lipinski definition) is 8. The van der Waals surface area contributed by atoms with Gasteiger partial charge in [0, 0.05) is 0 Å². The van der Waals surface area contributed by atoms with Gasteiger partial charge in [-0.1, -0.05) is 0 Å². The molecular formula is C6H11NaO8S. The van der Waals surface area contributed by atoms with Gasteiger partial charge < -0.3 is 24.6 Å². The van der Waals surface area contributed by atoms with Crippen molar-refractivity contribution in [2.75, 3.05) is 13.2 Å². The van der Waals surface area contributed by atoms with E-state index >= 15 is 0 Å². The molecule has 0 aliphatic carbocycles. The third-order valence-electron chi connectivity index (χ3n) is 1.98. The fourth-order valence-corrected chi connectivity index (χ4v) is 1.46. The molecule has 0 amide bonds. The van der Waals surface area contributed by atoms with Gasteiger partial charge in [-0.3, -0.25) is 4.18 Å². The first-order valence-electron chi connectivity index (χ1n) is 4.07. The van der Waals surface area contributed by atoms with Crippen LogP contribution >= 0.6 is 0 Å². The molecule has 0 spiro atoms. The summed E-state index contributed by atoms with van der Waals surface area (Å²) in [4.78, 5) is 0. The zero-order valence-electron chi connectivity index (χ0n) is 8.51. The van der Waals surface area contributed by atoms with E-state index in [4.69, 9.17) is 9.84 Å². The summed E-state index contributed by atoms with van der Waals surface area (Å²) >= 11 is 0. The smallest absolute Gasteiger partial charge is 0.726 e. The summed E-state index contributed by atoms with van der Waals surface area (Å²) in [5, 5.41) is 27.5. The van der Waals surface area contributed by atoms with Crippen molar-refractivity contribution in [1.29, 1.82) is 0 Å². The number of rotatable bonds is 3. The molecule has 16 heavy (non-hydrogen) atoms. The van der Waals surface area contributed by atoms with Gasteiger partial charge in [-0.15, -0.1) is 0 Å². The van der Waals surface area contributed by atoms with Crippen LogP contribution in [-0.4, -0.2) is 65.9 Å². The quantitative estimate of drug-likeness (QED) is 0.261. The van der Waals surface area contributed by atoms with Gasteiger partial charge in [0.25, 0.3) is 0 Å². The minimum Gasteiger partial charge on any atom is -0.726 e. The van der Waals surface area contributed by atoms with Crippen molar-refractivity contribution in [3.05, 3.63) is 0 Å². The molecule has 3 unspecified atom stereocenters. The Morgan fingerprint density at radius 2 is 1.88 bits per heavy atom. The van der Waals surface area contributed by atoms with Crippen molar-refractivity contribution in [2.45, 2.75) is 24.4 Å². The van der Waals surface area contributed by atoms with Crippen LogP contribution in [0.25, 0.3) is 0 Å². The van der Waals surface area contributed by atoms with Crippen LogP contribution in [0.15, 0.2) is 0 Å². The summed E-state index contributed by atoms with van der Waals surface area (Å²) in [5.74, 6) is 0. The van der Waals surface area contributed by atoms with Gasteiger partial charge in [0.05, 0.1) is 13.2 Å². The van der Waals surface area contributed by atoms with Gasteiger partial charge in [0.15, 0.2) is 0 Å². The summed E-state index contributed by atoms with van der Waals surface area (Å²) < 4.78 is 38.9. The normalized spacial score (nSPS) is 35.5. The van der Waals surface area contributed by atoms with Crippen LogP contribution in [0.2, 0.25) is 0 Å². The van der Waals surface area contributed by atoms with Crippen LogP contribution in [-0.2, 0) is 19.3 Å². The van der Waals surface area contributed by atoms with Crippen molar-refractivity contribution in [3.63, 3.8) is 0 Å². The largest absolute Gasteiger partial charge is 1.00 e. The van der Waals surface area contributed by atoms with E-state index in [1.165, 1.54) is 0 Å². The molecule has 0 saturated carbocycles. The zero-order valence-corrected chi connectivity index (χ0v) is 11.3. The fraction of sp³-hybridized carbons (Fsp3) is 1.00. The van der Waals surface area contributed by atoms with Crippen LogP contribution in [0.5, 0.6) is 0 Å². The first-order valence-corrected chi connectivity index (χ1v) is 5.40. The maximum Gasteiger partial charge on any atom is 1.00 e. The Bertz CT molecular complexity index is 306. The molecular weight excluding hydrogens is 255 g/mol. The first-order chi connectivity index (χ1) is 6.81. The molecule has 1 rings (SSSR count). The standard InChI is InChI=1S/C6H12O8S.Na/c7-3-1-13-4(6(9)5(3)8)2-14-15(10,11)12;/h3-9H,1-2H2,(H,10,11,12);/q;+1/p-1/t3?,4-,5?,6?;/m0./s1. The van der Waals surface area contributed by atoms with Crippen molar-refractivity contribution in [1.82, 2.24) is 0 Å². The summed E-state index contributed by atoms with van der Waals surface area (Å²) in [5.41, 5.74) is 0. The Morgan fingerprint density at radius 3 is 2.38 bits per heavy atom. The fourth-order valence-electron chi connectivity index (χ4n) is 1.16. The second kappa shape index (κ2) is 6.59. The monoisotopic (exact) mass is 266 g/mol. The molecule has 0 aromatic carbocycles. The van der Waals surface area contributed by atoms with E-state index in [0.717, 1.165) is 0 Å². The molecule has 4 atom stereocenters. The molecule has 90 valence electrons. The first kappa shape index (κ1) is 16.7. The molecule has 0 aromatic rings. The van der Waals surface area contributed by atoms with Gasteiger partial charge >= 0.3 is 29.6 Å². The van der Waals surface area contributed by atoms with E-state index in [-0.39, 0.29) is 36.2 Å². The Hall–Kier alpha value is 0.710. The average molecular weight is 266 g/mol. The van der Waals surface area contributed by atoms with Crippen molar-refractivity contribution in [2.24, 2.45) is 0 Å². The minimum atomic E-state index is -4.86. The number of hydrogen-bond donors (Lipinski definition) is 3. The van der Waals surface area contributed by atoms with Crippen molar-refractivity contribution >= 4 is 10.4 Å². The second-order valence-corrected chi connectivity index (χ2v) is 4.17. The van der Waals surface area contributed by atoms with Gasteiger partial charge in [0.1, 0.15) is 24.4 Å². The number of aliphatic hydroxyl groups is 3. The van der Waals surface area contributed by atoms with Crippen LogP contribution in [0, 0.1) is 0 Å². The summed E-state index contributed by atoms with van der Waals surface area (Å²) in [6.45, 7) is -0.970. The van der Waals surface area contributed by atoms with Crippen molar-refractivity contribution in [3.8, 4) is 0 Å². The van der Waals surface area contributed by atoms with Gasteiger partial charge in [-0.05, 0) is 0 Å². The average Bonchev–Trinajstić information content (AvgIpc) is 2.12. The van der Waals surface area contributed by atoms with Crippen LogP contribution in [0.1, 0.15) is 0 Å². The Labute approximate surface area is 114 Å². The number of ether oxygens (including phenoxy) is 1. The van der Waals surface area contributed by atoms with Gasteiger partial charge in [0.2, 0.25) is 10.4 Å². The molecule has 1 aliphatic rings. The molecule has 0 bridgehead atoms. The van der Waals surface area contributed by atoms with Crippen LogP contribution in [0.3, 0.4) is 0 Å². The minimum absolute atomic E-state index is 0. The predicted octanol–water partition coefficient (Wildman–Crippen LogP) is -6.05. The second-order valence-electron chi connectivity index (χ2n) is 3.11. The number of aliphatic hydroxyl groups excluding tert-OH is 3.